The van der Waals surface area contributed by atoms with E-state index in [9.17, 15) is 4.79 Å². The molecule has 0 saturated heterocycles. The summed E-state index contributed by atoms with van der Waals surface area (Å²) in [5, 5.41) is 5.41. The molecule has 1 amide bonds. The summed E-state index contributed by atoms with van der Waals surface area (Å²) in [4.78, 5) is 23.0. The minimum absolute atomic E-state index is 0.0819. The normalized spacial score (nSPS) is 15.4. The molecule has 0 spiro atoms. The lowest BCUT2D eigenvalue weighted by atomic mass is 9.94. The van der Waals surface area contributed by atoms with E-state index in [1.165, 1.54) is 29.0 Å². The second-order valence-corrected chi connectivity index (χ2v) is 9.97. The van der Waals surface area contributed by atoms with E-state index in [4.69, 9.17) is 4.98 Å². The molecule has 3 aromatic rings. The number of fused-ring (bicyclic) bond motifs is 1. The SMILES string of the molecule is Cc1cc(-c2cc(C(=O)N(C)C3CCCCC3)c3cnn(C(C)C)c3n2)c(C)s1. The molecule has 0 aromatic carbocycles. The van der Waals surface area contributed by atoms with Gasteiger partial charge >= 0.3 is 0 Å². The van der Waals surface area contributed by atoms with Crippen molar-refractivity contribution < 1.29 is 4.79 Å². The van der Waals surface area contributed by atoms with Crippen molar-refractivity contribution in [3.8, 4) is 11.3 Å². The number of aromatic nitrogens is 3. The van der Waals surface area contributed by atoms with Crippen LogP contribution in [0.5, 0.6) is 0 Å². The maximum absolute atomic E-state index is 13.6. The summed E-state index contributed by atoms with van der Waals surface area (Å²) in [6, 6.07) is 4.65. The molecule has 1 aliphatic carbocycles. The molecule has 0 atom stereocenters. The van der Waals surface area contributed by atoms with Crippen LogP contribution in [0.1, 0.15) is 72.1 Å². The zero-order chi connectivity index (χ0) is 20.7. The quantitative estimate of drug-likeness (QED) is 0.549. The second-order valence-electron chi connectivity index (χ2n) is 8.51. The molecule has 3 aromatic heterocycles. The van der Waals surface area contributed by atoms with Gasteiger partial charge in [-0.3, -0.25) is 4.79 Å². The molecule has 1 aliphatic rings. The lowest BCUT2D eigenvalue weighted by Crippen LogP contribution is -2.38. The van der Waals surface area contributed by atoms with E-state index in [0.717, 1.165) is 35.1 Å². The highest BCUT2D eigenvalue weighted by atomic mass is 32.1. The number of aryl methyl sites for hydroxylation is 2. The lowest BCUT2D eigenvalue weighted by Gasteiger charge is -2.31. The van der Waals surface area contributed by atoms with Gasteiger partial charge in [0.2, 0.25) is 0 Å². The Labute approximate surface area is 176 Å². The number of pyridine rings is 1. The van der Waals surface area contributed by atoms with E-state index in [0.29, 0.717) is 11.6 Å². The van der Waals surface area contributed by atoms with Crippen LogP contribution in [0.25, 0.3) is 22.3 Å². The third-order valence-corrected chi connectivity index (χ3v) is 7.01. The minimum atomic E-state index is 0.0819. The number of carbonyl (C=O) groups is 1. The third-order valence-electron chi connectivity index (χ3n) is 6.05. The fourth-order valence-electron chi connectivity index (χ4n) is 4.42. The van der Waals surface area contributed by atoms with E-state index in [1.54, 1.807) is 17.5 Å². The molecular formula is C23H30N4OS. The van der Waals surface area contributed by atoms with Crippen LogP contribution >= 0.6 is 11.3 Å². The molecule has 154 valence electrons. The summed E-state index contributed by atoms with van der Waals surface area (Å²) in [7, 11) is 1.96. The smallest absolute Gasteiger partial charge is 0.254 e. The summed E-state index contributed by atoms with van der Waals surface area (Å²) >= 11 is 1.77. The molecule has 4 rings (SSSR count). The van der Waals surface area contributed by atoms with Crippen molar-refractivity contribution in [2.45, 2.75) is 71.9 Å². The van der Waals surface area contributed by atoms with Gasteiger partial charge in [-0.1, -0.05) is 19.3 Å². The fourth-order valence-corrected chi connectivity index (χ4v) is 5.35. The summed E-state index contributed by atoms with van der Waals surface area (Å²) < 4.78 is 1.92. The predicted octanol–water partition coefficient (Wildman–Crippen LogP) is 5.76. The minimum Gasteiger partial charge on any atom is -0.339 e. The van der Waals surface area contributed by atoms with Gasteiger partial charge in [-0.05, 0) is 52.7 Å². The Morgan fingerprint density at radius 2 is 1.93 bits per heavy atom. The molecule has 3 heterocycles. The van der Waals surface area contributed by atoms with Gasteiger partial charge in [0.1, 0.15) is 0 Å². The fraction of sp³-hybridized carbons (Fsp3) is 0.522. The van der Waals surface area contributed by atoms with Crippen LogP contribution in [-0.2, 0) is 0 Å². The van der Waals surface area contributed by atoms with Gasteiger partial charge in [-0.15, -0.1) is 11.3 Å². The number of rotatable bonds is 4. The van der Waals surface area contributed by atoms with Gasteiger partial charge in [-0.2, -0.15) is 5.10 Å². The van der Waals surface area contributed by atoms with Crippen molar-refractivity contribution in [2.75, 3.05) is 7.05 Å². The molecular weight excluding hydrogens is 380 g/mol. The number of carbonyl (C=O) groups excluding carboxylic acids is 1. The standard InChI is InChI=1S/C23H30N4OS/c1-14(2)27-22-20(13-24-27)19(23(28)26(5)17-9-7-6-8-10-17)12-21(25-22)18-11-15(3)29-16(18)4/h11-14,17H,6-10H2,1-5H3. The molecule has 1 saturated carbocycles. The molecule has 5 nitrogen and oxygen atoms in total. The Bertz CT molecular complexity index is 1040. The van der Waals surface area contributed by atoms with Crippen molar-refractivity contribution in [1.82, 2.24) is 19.7 Å². The van der Waals surface area contributed by atoms with Crippen LogP contribution < -0.4 is 0 Å². The number of thiophene rings is 1. The summed E-state index contributed by atoms with van der Waals surface area (Å²) in [5.74, 6) is 0.0819. The molecule has 0 bridgehead atoms. The highest BCUT2D eigenvalue weighted by Crippen LogP contribution is 2.33. The van der Waals surface area contributed by atoms with E-state index in [-0.39, 0.29) is 11.9 Å². The van der Waals surface area contributed by atoms with E-state index in [1.807, 2.05) is 22.7 Å². The van der Waals surface area contributed by atoms with E-state index in [2.05, 4.69) is 38.9 Å². The molecule has 6 heteroatoms. The van der Waals surface area contributed by atoms with Crippen molar-refractivity contribution in [2.24, 2.45) is 0 Å². The predicted molar refractivity (Wildman–Crippen MR) is 120 cm³/mol. The van der Waals surface area contributed by atoms with Gasteiger partial charge in [0, 0.05) is 34.4 Å². The van der Waals surface area contributed by atoms with Gasteiger partial charge in [0.25, 0.3) is 5.91 Å². The first-order valence-corrected chi connectivity index (χ1v) is 11.4. The first-order chi connectivity index (χ1) is 13.9. The van der Waals surface area contributed by atoms with Crippen LogP contribution in [0.3, 0.4) is 0 Å². The van der Waals surface area contributed by atoms with Crippen LogP contribution in [-0.4, -0.2) is 38.7 Å². The highest BCUT2D eigenvalue weighted by Gasteiger charge is 2.26. The number of nitrogens with zero attached hydrogens (tertiary/aromatic N) is 4. The highest BCUT2D eigenvalue weighted by molar-refractivity contribution is 7.12. The molecule has 0 radical (unpaired) electrons. The van der Waals surface area contributed by atoms with Gasteiger partial charge in [-0.25, -0.2) is 9.67 Å². The average molecular weight is 411 g/mol. The maximum atomic E-state index is 13.6. The Balaban J connectivity index is 1.85. The number of hydrogen-bond donors (Lipinski definition) is 0. The first kappa shape index (κ1) is 20.1. The van der Waals surface area contributed by atoms with Crippen molar-refractivity contribution >= 4 is 28.3 Å². The maximum Gasteiger partial charge on any atom is 0.254 e. The van der Waals surface area contributed by atoms with Crippen LogP contribution in [0.15, 0.2) is 18.3 Å². The van der Waals surface area contributed by atoms with Crippen LogP contribution in [0.4, 0.5) is 0 Å². The van der Waals surface area contributed by atoms with Crippen molar-refractivity contribution in [1.29, 1.82) is 0 Å². The summed E-state index contributed by atoms with van der Waals surface area (Å²) in [5.41, 5.74) is 3.48. The van der Waals surface area contributed by atoms with Crippen LogP contribution in [0.2, 0.25) is 0 Å². The number of hydrogen-bond acceptors (Lipinski definition) is 4. The van der Waals surface area contributed by atoms with E-state index < -0.39 is 0 Å². The zero-order valence-electron chi connectivity index (χ0n) is 18.0. The Morgan fingerprint density at radius 3 is 2.55 bits per heavy atom. The molecule has 0 aliphatic heterocycles. The van der Waals surface area contributed by atoms with Crippen molar-refractivity contribution in [3.63, 3.8) is 0 Å². The van der Waals surface area contributed by atoms with Gasteiger partial charge in [0.15, 0.2) is 5.65 Å². The van der Waals surface area contributed by atoms with Gasteiger partial charge < -0.3 is 4.90 Å². The Hall–Kier alpha value is -2.21. The summed E-state index contributed by atoms with van der Waals surface area (Å²) in [6.07, 6.45) is 7.69. The Morgan fingerprint density at radius 1 is 1.21 bits per heavy atom. The third kappa shape index (κ3) is 3.70. The van der Waals surface area contributed by atoms with Crippen molar-refractivity contribution in [3.05, 3.63) is 33.6 Å². The lowest BCUT2D eigenvalue weighted by molar-refractivity contribution is 0.0698. The summed E-state index contributed by atoms with van der Waals surface area (Å²) in [6.45, 7) is 8.42. The zero-order valence-corrected chi connectivity index (χ0v) is 18.8. The monoisotopic (exact) mass is 410 g/mol. The average Bonchev–Trinajstić information content (AvgIpc) is 3.29. The molecule has 0 N–H and O–H groups in total. The van der Waals surface area contributed by atoms with E-state index >= 15 is 0 Å². The first-order valence-electron chi connectivity index (χ1n) is 10.6. The molecule has 1 fully saturated rings. The Kier molecular flexibility index (Phi) is 5.47. The molecule has 29 heavy (non-hydrogen) atoms. The number of amides is 1. The largest absolute Gasteiger partial charge is 0.339 e. The van der Waals surface area contributed by atoms with Gasteiger partial charge in [0.05, 0.1) is 22.8 Å². The van der Waals surface area contributed by atoms with Crippen LogP contribution in [0, 0.1) is 13.8 Å². The second kappa shape index (κ2) is 7.90. The molecule has 0 unspecified atom stereocenters. The topological polar surface area (TPSA) is 51.0 Å².